The van der Waals surface area contributed by atoms with Crippen molar-refractivity contribution in [3.8, 4) is 28.7 Å². The van der Waals surface area contributed by atoms with Gasteiger partial charge in [0, 0.05) is 12.1 Å². The summed E-state index contributed by atoms with van der Waals surface area (Å²) in [5, 5.41) is 13.0. The first-order valence-electron chi connectivity index (χ1n) is 9.22. The van der Waals surface area contributed by atoms with Gasteiger partial charge < -0.3 is 23.9 Å². The maximum atomic E-state index is 11.9. The van der Waals surface area contributed by atoms with Crippen molar-refractivity contribution in [2.75, 3.05) is 33.6 Å². The van der Waals surface area contributed by atoms with Gasteiger partial charge in [-0.3, -0.25) is 10.1 Å². The molecule has 0 bridgehead atoms. The Balaban J connectivity index is 1.95. The van der Waals surface area contributed by atoms with Gasteiger partial charge in [-0.05, 0) is 24.5 Å². The molecule has 0 radical (unpaired) electrons. The number of carbonyl (C=O) groups excluding carboxylic acids is 2. The first-order valence-corrected chi connectivity index (χ1v) is 10.2. The summed E-state index contributed by atoms with van der Waals surface area (Å²) < 4.78 is 21.5. The lowest BCUT2D eigenvalue weighted by atomic mass is 10.1. The summed E-state index contributed by atoms with van der Waals surface area (Å²) in [6, 6.07) is 2.83. The summed E-state index contributed by atoms with van der Waals surface area (Å²) in [5.41, 5.74) is 0.567. The molecule has 2 N–H and O–H groups in total. The molecule has 164 valence electrons. The molecular weight excluding hydrogens is 412 g/mol. The van der Waals surface area contributed by atoms with Crippen molar-refractivity contribution in [1.29, 1.82) is 0 Å². The number of hydrogen-bond donors (Lipinski definition) is 2. The minimum absolute atomic E-state index is 0.0471. The maximum absolute atomic E-state index is 11.9. The second-order valence-corrected chi connectivity index (χ2v) is 7.49. The van der Waals surface area contributed by atoms with Crippen LogP contribution in [0.4, 0.5) is 4.79 Å². The van der Waals surface area contributed by atoms with Crippen LogP contribution in [0.5, 0.6) is 17.2 Å². The highest BCUT2D eigenvalue weighted by atomic mass is 32.2. The van der Waals surface area contributed by atoms with Crippen LogP contribution in [0.15, 0.2) is 21.8 Å². The molecule has 1 aromatic carbocycles. The van der Waals surface area contributed by atoms with Gasteiger partial charge in [0.2, 0.25) is 17.5 Å². The molecule has 0 saturated carbocycles. The number of carbonyl (C=O) groups is 2. The van der Waals surface area contributed by atoms with Crippen molar-refractivity contribution in [2.24, 2.45) is 5.92 Å². The Morgan fingerprint density at radius 1 is 1.10 bits per heavy atom. The standard InChI is InChI=1S/C19H26N4O6S/c1-11(2)6-7-20-18(25)21-15(24)10-30-19-23-22-17(29-19)12-8-13(26-3)16(28-5)14(9-12)27-4/h8-9,11H,6-7,10H2,1-5H3,(H2,20,21,24,25). The summed E-state index contributed by atoms with van der Waals surface area (Å²) in [5.74, 6) is 1.52. The third-order valence-electron chi connectivity index (χ3n) is 3.91. The Kier molecular flexibility index (Phi) is 8.78. The van der Waals surface area contributed by atoms with Gasteiger partial charge in [0.1, 0.15) is 0 Å². The molecule has 11 heteroatoms. The lowest BCUT2D eigenvalue weighted by molar-refractivity contribution is -0.117. The zero-order valence-corrected chi connectivity index (χ0v) is 18.4. The molecule has 30 heavy (non-hydrogen) atoms. The summed E-state index contributed by atoms with van der Waals surface area (Å²) in [4.78, 5) is 23.6. The van der Waals surface area contributed by atoms with E-state index in [2.05, 4.69) is 34.7 Å². The fourth-order valence-corrected chi connectivity index (χ4v) is 2.96. The van der Waals surface area contributed by atoms with E-state index >= 15 is 0 Å². The van der Waals surface area contributed by atoms with Gasteiger partial charge in [0.05, 0.1) is 27.1 Å². The van der Waals surface area contributed by atoms with Crippen molar-refractivity contribution in [1.82, 2.24) is 20.8 Å². The van der Waals surface area contributed by atoms with E-state index < -0.39 is 11.9 Å². The minimum Gasteiger partial charge on any atom is -0.493 e. The quantitative estimate of drug-likeness (QED) is 0.539. The van der Waals surface area contributed by atoms with Crippen molar-refractivity contribution in [3.05, 3.63) is 12.1 Å². The Hall–Kier alpha value is -2.95. The number of methoxy groups -OCH3 is 3. The minimum atomic E-state index is -0.523. The molecule has 3 amide bonds. The topological polar surface area (TPSA) is 125 Å². The number of hydrogen-bond acceptors (Lipinski definition) is 9. The van der Waals surface area contributed by atoms with Crippen LogP contribution in [0, 0.1) is 5.92 Å². The van der Waals surface area contributed by atoms with E-state index in [0.717, 1.165) is 18.2 Å². The van der Waals surface area contributed by atoms with Gasteiger partial charge in [-0.1, -0.05) is 25.6 Å². The van der Waals surface area contributed by atoms with Gasteiger partial charge >= 0.3 is 6.03 Å². The SMILES string of the molecule is COc1cc(-c2nnc(SCC(=O)NC(=O)NCCC(C)C)o2)cc(OC)c1OC. The van der Waals surface area contributed by atoms with Gasteiger partial charge in [-0.15, -0.1) is 10.2 Å². The van der Waals surface area contributed by atoms with E-state index in [1.165, 1.54) is 21.3 Å². The molecule has 0 aliphatic carbocycles. The van der Waals surface area contributed by atoms with Crippen molar-refractivity contribution < 1.29 is 28.2 Å². The van der Waals surface area contributed by atoms with Crippen LogP contribution in [0.25, 0.3) is 11.5 Å². The molecule has 1 aromatic heterocycles. The summed E-state index contributed by atoms with van der Waals surface area (Å²) in [6.45, 7) is 4.61. The number of imide groups is 1. The average Bonchev–Trinajstić information content (AvgIpc) is 3.19. The Morgan fingerprint density at radius 2 is 1.77 bits per heavy atom. The second kappa shape index (κ2) is 11.3. The van der Waals surface area contributed by atoms with Gasteiger partial charge in [0.25, 0.3) is 5.22 Å². The lowest BCUT2D eigenvalue weighted by Gasteiger charge is -2.12. The Morgan fingerprint density at radius 3 is 2.33 bits per heavy atom. The summed E-state index contributed by atoms with van der Waals surface area (Å²) in [6.07, 6.45) is 0.835. The highest BCUT2D eigenvalue weighted by Crippen LogP contribution is 2.41. The first-order chi connectivity index (χ1) is 14.4. The number of benzene rings is 1. The zero-order chi connectivity index (χ0) is 22.1. The van der Waals surface area contributed by atoms with Crippen LogP contribution in [-0.4, -0.2) is 55.8 Å². The van der Waals surface area contributed by atoms with Crippen LogP contribution >= 0.6 is 11.8 Å². The van der Waals surface area contributed by atoms with Crippen LogP contribution in [0.2, 0.25) is 0 Å². The van der Waals surface area contributed by atoms with Crippen molar-refractivity contribution in [2.45, 2.75) is 25.5 Å². The van der Waals surface area contributed by atoms with Crippen molar-refractivity contribution in [3.63, 3.8) is 0 Å². The average molecular weight is 439 g/mol. The predicted octanol–water partition coefficient (Wildman–Crippen LogP) is 2.73. The molecule has 0 aliphatic heterocycles. The number of nitrogens with one attached hydrogen (secondary N) is 2. The lowest BCUT2D eigenvalue weighted by Crippen LogP contribution is -2.40. The Bertz CT molecular complexity index is 845. The second-order valence-electron chi connectivity index (χ2n) is 6.56. The Labute approximate surface area is 179 Å². The molecule has 0 fully saturated rings. The van der Waals surface area contributed by atoms with Crippen LogP contribution in [0.3, 0.4) is 0 Å². The normalized spacial score (nSPS) is 10.6. The molecule has 0 unspecified atom stereocenters. The molecule has 2 aromatic rings. The first kappa shape index (κ1) is 23.3. The predicted molar refractivity (Wildman–Crippen MR) is 111 cm³/mol. The van der Waals surface area contributed by atoms with Crippen molar-refractivity contribution >= 4 is 23.7 Å². The number of aromatic nitrogens is 2. The number of thioether (sulfide) groups is 1. The van der Waals surface area contributed by atoms with Crippen LogP contribution in [0.1, 0.15) is 20.3 Å². The number of rotatable bonds is 10. The number of amides is 3. The monoisotopic (exact) mass is 438 g/mol. The van der Waals surface area contributed by atoms with E-state index in [1.54, 1.807) is 12.1 Å². The van der Waals surface area contributed by atoms with Gasteiger partial charge in [-0.2, -0.15) is 0 Å². The molecule has 10 nitrogen and oxygen atoms in total. The molecule has 0 saturated heterocycles. The molecule has 2 rings (SSSR count). The molecular formula is C19H26N4O6S. The van der Waals surface area contributed by atoms with E-state index in [9.17, 15) is 9.59 Å². The number of ether oxygens (including phenoxy) is 3. The third kappa shape index (κ3) is 6.55. The molecule has 0 atom stereocenters. The number of nitrogens with zero attached hydrogens (tertiary/aromatic N) is 2. The fourth-order valence-electron chi connectivity index (χ4n) is 2.40. The van der Waals surface area contributed by atoms with Crippen LogP contribution < -0.4 is 24.8 Å². The molecule has 0 aliphatic rings. The highest BCUT2D eigenvalue weighted by molar-refractivity contribution is 7.99. The number of urea groups is 1. The van der Waals surface area contributed by atoms with E-state index in [1.807, 2.05) is 0 Å². The summed E-state index contributed by atoms with van der Waals surface area (Å²) >= 11 is 1.02. The fraction of sp³-hybridized carbons (Fsp3) is 0.474. The van der Waals surface area contributed by atoms with E-state index in [-0.39, 0.29) is 16.9 Å². The largest absolute Gasteiger partial charge is 0.493 e. The smallest absolute Gasteiger partial charge is 0.321 e. The van der Waals surface area contributed by atoms with Gasteiger partial charge in [0.15, 0.2) is 11.5 Å². The third-order valence-corrected chi connectivity index (χ3v) is 4.72. The highest BCUT2D eigenvalue weighted by Gasteiger charge is 2.18. The van der Waals surface area contributed by atoms with E-state index in [0.29, 0.717) is 35.3 Å². The van der Waals surface area contributed by atoms with Crippen LogP contribution in [-0.2, 0) is 4.79 Å². The van der Waals surface area contributed by atoms with Gasteiger partial charge in [-0.25, -0.2) is 4.79 Å². The summed E-state index contributed by atoms with van der Waals surface area (Å²) in [7, 11) is 4.53. The molecule has 0 spiro atoms. The maximum Gasteiger partial charge on any atom is 0.321 e. The van der Waals surface area contributed by atoms with E-state index in [4.69, 9.17) is 18.6 Å². The molecule has 1 heterocycles. The zero-order valence-electron chi connectivity index (χ0n) is 17.6.